The number of nitrogens with one attached hydrogen (secondary N) is 4. The first-order valence-corrected chi connectivity index (χ1v) is 9.28. The zero-order valence-electron chi connectivity index (χ0n) is 16.3. The molecule has 8 nitrogen and oxygen atoms in total. The molecule has 0 bridgehead atoms. The fraction of sp³-hybridized carbons (Fsp3) is 0.611. The summed E-state index contributed by atoms with van der Waals surface area (Å²) in [5.41, 5.74) is 1.21. The van der Waals surface area contributed by atoms with E-state index < -0.39 is 0 Å². The Bertz CT molecular complexity index is 625. The van der Waals surface area contributed by atoms with Gasteiger partial charge in [0.15, 0.2) is 0 Å². The molecule has 2 rings (SSSR count). The Morgan fingerprint density at radius 2 is 1.69 bits per heavy atom. The van der Waals surface area contributed by atoms with Gasteiger partial charge in [0.2, 0.25) is 0 Å². The lowest BCUT2D eigenvalue weighted by Crippen LogP contribution is -2.32. The van der Waals surface area contributed by atoms with E-state index in [0.717, 1.165) is 44.2 Å². The van der Waals surface area contributed by atoms with Crippen molar-refractivity contribution in [2.45, 2.75) is 39.3 Å². The highest BCUT2D eigenvalue weighted by Crippen LogP contribution is 2.10. The van der Waals surface area contributed by atoms with Gasteiger partial charge in [0, 0.05) is 75.9 Å². The van der Waals surface area contributed by atoms with E-state index in [1.807, 2.05) is 11.7 Å². The average molecular weight is 361 g/mol. The smallest absolute Gasteiger partial charge is 0.148 e. The topological polar surface area (TPSA) is 91.7 Å². The molecule has 1 atom stereocenters. The van der Waals surface area contributed by atoms with Crippen molar-refractivity contribution in [3.8, 4) is 0 Å². The van der Waals surface area contributed by atoms with Crippen LogP contribution in [0, 0.1) is 0 Å². The summed E-state index contributed by atoms with van der Waals surface area (Å²) in [6.45, 7) is 9.96. The van der Waals surface area contributed by atoms with Crippen LogP contribution in [0.25, 0.3) is 0 Å². The van der Waals surface area contributed by atoms with Gasteiger partial charge in [-0.15, -0.1) is 0 Å². The predicted molar refractivity (Wildman–Crippen MR) is 107 cm³/mol. The molecule has 2 aromatic rings. The third-order valence-corrected chi connectivity index (χ3v) is 3.96. The molecule has 0 aromatic carbocycles. The summed E-state index contributed by atoms with van der Waals surface area (Å²) < 4.78 is 1.95. The van der Waals surface area contributed by atoms with Crippen LogP contribution in [0.2, 0.25) is 0 Å². The SMILES string of the molecule is CC(C)NCCNc1cc(CC(C)NCCNc2cnccn2)n(C)n1. The Morgan fingerprint density at radius 1 is 0.962 bits per heavy atom. The van der Waals surface area contributed by atoms with Crippen LogP contribution in [0.3, 0.4) is 0 Å². The molecule has 1 unspecified atom stereocenters. The number of nitrogens with zero attached hydrogens (tertiary/aromatic N) is 4. The molecule has 0 radical (unpaired) electrons. The van der Waals surface area contributed by atoms with Gasteiger partial charge in [-0.05, 0) is 6.92 Å². The van der Waals surface area contributed by atoms with Crippen molar-refractivity contribution in [1.29, 1.82) is 0 Å². The van der Waals surface area contributed by atoms with E-state index in [1.165, 1.54) is 5.69 Å². The molecule has 0 saturated carbocycles. The highest BCUT2D eigenvalue weighted by molar-refractivity contribution is 5.36. The van der Waals surface area contributed by atoms with Crippen molar-refractivity contribution < 1.29 is 0 Å². The molecule has 4 N–H and O–H groups in total. The monoisotopic (exact) mass is 360 g/mol. The Kier molecular flexibility index (Phi) is 8.30. The first kappa shape index (κ1) is 20.1. The number of hydrogen-bond acceptors (Lipinski definition) is 7. The van der Waals surface area contributed by atoms with Crippen molar-refractivity contribution in [2.75, 3.05) is 36.8 Å². The Balaban J connectivity index is 1.67. The summed E-state index contributed by atoms with van der Waals surface area (Å²) in [4.78, 5) is 8.23. The van der Waals surface area contributed by atoms with Gasteiger partial charge >= 0.3 is 0 Å². The van der Waals surface area contributed by atoms with Crippen molar-refractivity contribution in [2.24, 2.45) is 7.05 Å². The molecule has 8 heteroatoms. The lowest BCUT2D eigenvalue weighted by atomic mass is 10.2. The summed E-state index contributed by atoms with van der Waals surface area (Å²) in [5, 5.41) is 18.1. The maximum absolute atomic E-state index is 4.54. The second-order valence-electron chi connectivity index (χ2n) is 6.76. The molecule has 0 spiro atoms. The van der Waals surface area contributed by atoms with Gasteiger partial charge in [-0.25, -0.2) is 4.98 Å². The van der Waals surface area contributed by atoms with E-state index in [0.29, 0.717) is 12.1 Å². The van der Waals surface area contributed by atoms with Crippen LogP contribution in [0.5, 0.6) is 0 Å². The van der Waals surface area contributed by atoms with Crippen molar-refractivity contribution in [1.82, 2.24) is 30.4 Å². The lowest BCUT2D eigenvalue weighted by Gasteiger charge is -2.14. The fourth-order valence-corrected chi connectivity index (χ4v) is 2.62. The van der Waals surface area contributed by atoms with Gasteiger partial charge in [0.1, 0.15) is 11.6 Å². The standard InChI is InChI=1S/C18H32N8/c1-14(2)20-7-9-22-17-12-16(26(4)25-17)11-15(3)21-8-10-24-18-13-19-5-6-23-18/h5-6,12-15,20-21H,7-11H2,1-4H3,(H,22,25)(H,23,24). The second kappa shape index (κ2) is 10.7. The van der Waals surface area contributed by atoms with E-state index in [-0.39, 0.29) is 0 Å². The molecule has 144 valence electrons. The number of aryl methyl sites for hydroxylation is 1. The third-order valence-electron chi connectivity index (χ3n) is 3.96. The van der Waals surface area contributed by atoms with Crippen LogP contribution in [-0.4, -0.2) is 58.0 Å². The molecule has 0 aliphatic heterocycles. The quantitative estimate of drug-likeness (QED) is 0.424. The van der Waals surface area contributed by atoms with Gasteiger partial charge < -0.3 is 21.3 Å². The summed E-state index contributed by atoms with van der Waals surface area (Å²) in [6, 6.07) is 3.00. The van der Waals surface area contributed by atoms with E-state index in [2.05, 4.69) is 63.2 Å². The predicted octanol–water partition coefficient (Wildman–Crippen LogP) is 1.25. The Morgan fingerprint density at radius 3 is 2.38 bits per heavy atom. The average Bonchev–Trinajstić information content (AvgIpc) is 2.96. The van der Waals surface area contributed by atoms with Crippen LogP contribution in [0.15, 0.2) is 24.7 Å². The van der Waals surface area contributed by atoms with Crippen LogP contribution < -0.4 is 21.3 Å². The molecular formula is C18H32N8. The van der Waals surface area contributed by atoms with Crippen molar-refractivity contribution >= 4 is 11.6 Å². The minimum absolute atomic E-state index is 0.365. The normalized spacial score (nSPS) is 12.3. The summed E-state index contributed by atoms with van der Waals surface area (Å²) in [5.74, 6) is 1.74. The van der Waals surface area contributed by atoms with E-state index in [1.54, 1.807) is 18.6 Å². The zero-order valence-corrected chi connectivity index (χ0v) is 16.3. The molecular weight excluding hydrogens is 328 g/mol. The number of aromatic nitrogens is 4. The summed E-state index contributed by atoms with van der Waals surface area (Å²) in [6.07, 6.45) is 6.01. The first-order chi connectivity index (χ1) is 12.5. The molecule has 2 heterocycles. The zero-order chi connectivity index (χ0) is 18.8. The molecule has 0 aliphatic rings. The first-order valence-electron chi connectivity index (χ1n) is 9.28. The van der Waals surface area contributed by atoms with Crippen LogP contribution in [-0.2, 0) is 13.5 Å². The van der Waals surface area contributed by atoms with E-state index in [4.69, 9.17) is 0 Å². The molecule has 0 amide bonds. The molecule has 0 fully saturated rings. The van der Waals surface area contributed by atoms with E-state index >= 15 is 0 Å². The van der Waals surface area contributed by atoms with Crippen LogP contribution in [0.1, 0.15) is 26.5 Å². The van der Waals surface area contributed by atoms with Gasteiger partial charge in [-0.2, -0.15) is 5.10 Å². The van der Waals surface area contributed by atoms with E-state index in [9.17, 15) is 0 Å². The highest BCUT2D eigenvalue weighted by atomic mass is 15.3. The number of hydrogen-bond donors (Lipinski definition) is 4. The van der Waals surface area contributed by atoms with Crippen LogP contribution >= 0.6 is 0 Å². The van der Waals surface area contributed by atoms with Gasteiger partial charge in [0.05, 0.1) is 6.20 Å². The maximum atomic E-state index is 4.54. The molecule has 0 saturated heterocycles. The summed E-state index contributed by atoms with van der Waals surface area (Å²) >= 11 is 0. The van der Waals surface area contributed by atoms with Gasteiger partial charge in [-0.1, -0.05) is 13.8 Å². The Hall–Kier alpha value is -2.19. The largest absolute Gasteiger partial charge is 0.368 e. The molecule has 0 aliphatic carbocycles. The lowest BCUT2D eigenvalue weighted by molar-refractivity contribution is 0.537. The number of anilines is 2. The van der Waals surface area contributed by atoms with Gasteiger partial charge in [0.25, 0.3) is 0 Å². The van der Waals surface area contributed by atoms with Gasteiger partial charge in [-0.3, -0.25) is 9.67 Å². The molecule has 26 heavy (non-hydrogen) atoms. The highest BCUT2D eigenvalue weighted by Gasteiger charge is 2.09. The minimum atomic E-state index is 0.365. The second-order valence-corrected chi connectivity index (χ2v) is 6.76. The van der Waals surface area contributed by atoms with Crippen molar-refractivity contribution in [3.05, 3.63) is 30.4 Å². The molecule has 2 aromatic heterocycles. The number of rotatable bonds is 12. The fourth-order valence-electron chi connectivity index (χ4n) is 2.62. The Labute approximate surface area is 156 Å². The minimum Gasteiger partial charge on any atom is -0.368 e. The van der Waals surface area contributed by atoms with Crippen molar-refractivity contribution in [3.63, 3.8) is 0 Å². The maximum Gasteiger partial charge on any atom is 0.148 e. The summed E-state index contributed by atoms with van der Waals surface area (Å²) in [7, 11) is 2.00. The van der Waals surface area contributed by atoms with Crippen LogP contribution in [0.4, 0.5) is 11.6 Å². The third kappa shape index (κ3) is 7.37.